The molecule has 3 rings (SSSR count). The Morgan fingerprint density at radius 1 is 1.24 bits per heavy atom. The number of hydrogen-bond acceptors (Lipinski definition) is 3. The number of piperidine rings is 1. The van der Waals surface area contributed by atoms with Crippen LogP contribution in [0.5, 0.6) is 0 Å². The predicted molar refractivity (Wildman–Crippen MR) is 104 cm³/mol. The molecule has 1 saturated carbocycles. The second-order valence-corrected chi connectivity index (χ2v) is 8.80. The van der Waals surface area contributed by atoms with Gasteiger partial charge in [0.2, 0.25) is 0 Å². The van der Waals surface area contributed by atoms with E-state index in [1.807, 2.05) is 0 Å². The Labute approximate surface area is 159 Å². The van der Waals surface area contributed by atoms with Crippen LogP contribution in [0, 0.1) is 5.92 Å². The van der Waals surface area contributed by atoms with Crippen molar-refractivity contribution in [3.63, 3.8) is 0 Å². The standard InChI is InChI=1S/C19H31BrN4O/c1-13(2)17-16(20)18(23-22-17)19(25)21-15-8-10-24(11-9-15)12-14-6-4-3-5-7-14/h13-15H,3-12H2,1-2H3,(H,21,25)(H,22,23). The van der Waals surface area contributed by atoms with Gasteiger partial charge in [0, 0.05) is 25.7 Å². The monoisotopic (exact) mass is 410 g/mol. The number of rotatable bonds is 5. The summed E-state index contributed by atoms with van der Waals surface area (Å²) in [7, 11) is 0. The van der Waals surface area contributed by atoms with Crippen LogP contribution in [-0.4, -0.2) is 46.7 Å². The number of aromatic nitrogens is 2. The number of aromatic amines is 1. The number of nitrogens with one attached hydrogen (secondary N) is 2. The summed E-state index contributed by atoms with van der Waals surface area (Å²) in [5.41, 5.74) is 1.46. The fourth-order valence-electron chi connectivity index (χ4n) is 4.12. The highest BCUT2D eigenvalue weighted by Crippen LogP contribution is 2.27. The van der Waals surface area contributed by atoms with Gasteiger partial charge in [-0.05, 0) is 53.4 Å². The number of nitrogens with zero attached hydrogens (tertiary/aromatic N) is 2. The molecule has 2 aliphatic rings. The Balaban J connectivity index is 1.46. The van der Waals surface area contributed by atoms with Gasteiger partial charge in [0.25, 0.3) is 5.91 Å². The van der Waals surface area contributed by atoms with E-state index in [-0.39, 0.29) is 11.9 Å². The minimum Gasteiger partial charge on any atom is -0.348 e. The SMILES string of the molecule is CC(C)c1[nH]nc(C(=O)NC2CCN(CC3CCCCC3)CC2)c1Br. The van der Waals surface area contributed by atoms with Gasteiger partial charge in [-0.3, -0.25) is 9.89 Å². The Morgan fingerprint density at radius 3 is 2.52 bits per heavy atom. The van der Waals surface area contributed by atoms with E-state index in [4.69, 9.17) is 0 Å². The van der Waals surface area contributed by atoms with Gasteiger partial charge in [0.1, 0.15) is 0 Å². The predicted octanol–water partition coefficient (Wildman–Crippen LogP) is 4.07. The van der Waals surface area contributed by atoms with Gasteiger partial charge < -0.3 is 10.2 Å². The highest BCUT2D eigenvalue weighted by Gasteiger charge is 2.26. The lowest BCUT2D eigenvalue weighted by Gasteiger charge is -2.35. The van der Waals surface area contributed by atoms with E-state index in [1.165, 1.54) is 38.6 Å². The Hall–Kier alpha value is -0.880. The first-order valence-corrected chi connectivity index (χ1v) is 10.6. The van der Waals surface area contributed by atoms with E-state index in [0.29, 0.717) is 11.6 Å². The molecule has 1 aliphatic heterocycles. The molecule has 2 heterocycles. The van der Waals surface area contributed by atoms with Crippen LogP contribution < -0.4 is 5.32 Å². The molecule has 0 radical (unpaired) electrons. The molecule has 1 aliphatic carbocycles. The van der Waals surface area contributed by atoms with Crippen molar-refractivity contribution in [2.75, 3.05) is 19.6 Å². The van der Waals surface area contributed by atoms with Crippen LogP contribution in [0.2, 0.25) is 0 Å². The second kappa shape index (κ2) is 8.67. The van der Waals surface area contributed by atoms with E-state index in [2.05, 4.69) is 50.2 Å². The van der Waals surface area contributed by atoms with Crippen molar-refractivity contribution in [1.82, 2.24) is 20.4 Å². The molecular formula is C19H31BrN4O. The maximum absolute atomic E-state index is 12.5. The summed E-state index contributed by atoms with van der Waals surface area (Å²) in [6, 6.07) is 0.265. The van der Waals surface area contributed by atoms with E-state index in [1.54, 1.807) is 0 Å². The van der Waals surface area contributed by atoms with Gasteiger partial charge in [0.05, 0.1) is 10.2 Å². The maximum atomic E-state index is 12.5. The molecule has 0 spiro atoms. The van der Waals surface area contributed by atoms with Crippen LogP contribution in [0.25, 0.3) is 0 Å². The lowest BCUT2D eigenvalue weighted by Crippen LogP contribution is -2.46. The first-order valence-electron chi connectivity index (χ1n) is 9.81. The topological polar surface area (TPSA) is 61.0 Å². The van der Waals surface area contributed by atoms with Crippen LogP contribution in [0.3, 0.4) is 0 Å². The van der Waals surface area contributed by atoms with Gasteiger partial charge in [-0.1, -0.05) is 33.1 Å². The van der Waals surface area contributed by atoms with Crippen LogP contribution in [0.4, 0.5) is 0 Å². The number of amides is 1. The second-order valence-electron chi connectivity index (χ2n) is 8.01. The molecule has 1 aromatic heterocycles. The van der Waals surface area contributed by atoms with Gasteiger partial charge in [-0.25, -0.2) is 0 Å². The van der Waals surface area contributed by atoms with E-state index >= 15 is 0 Å². The summed E-state index contributed by atoms with van der Waals surface area (Å²) in [6.07, 6.45) is 9.13. The quantitative estimate of drug-likeness (QED) is 0.768. The fourth-order valence-corrected chi connectivity index (χ4v) is 4.94. The molecule has 1 aromatic rings. The molecule has 1 saturated heterocycles. The van der Waals surface area contributed by atoms with Crippen LogP contribution in [-0.2, 0) is 0 Å². The maximum Gasteiger partial charge on any atom is 0.273 e. The Morgan fingerprint density at radius 2 is 1.92 bits per heavy atom. The molecule has 0 bridgehead atoms. The lowest BCUT2D eigenvalue weighted by atomic mass is 9.88. The normalized spacial score (nSPS) is 21.0. The van der Waals surface area contributed by atoms with E-state index in [9.17, 15) is 4.79 Å². The molecule has 2 N–H and O–H groups in total. The minimum atomic E-state index is -0.0687. The van der Waals surface area contributed by atoms with E-state index < -0.39 is 0 Å². The number of carbonyl (C=O) groups excluding carboxylic acids is 1. The van der Waals surface area contributed by atoms with Gasteiger partial charge in [-0.2, -0.15) is 5.10 Å². The summed E-state index contributed by atoms with van der Waals surface area (Å²) in [5.74, 6) is 1.14. The molecule has 0 atom stereocenters. The van der Waals surface area contributed by atoms with Crippen molar-refractivity contribution in [2.24, 2.45) is 5.92 Å². The molecule has 25 heavy (non-hydrogen) atoms. The number of likely N-dealkylation sites (tertiary alicyclic amines) is 1. The molecule has 2 fully saturated rings. The third kappa shape index (κ3) is 4.85. The average Bonchev–Trinajstić information content (AvgIpc) is 2.99. The highest BCUT2D eigenvalue weighted by atomic mass is 79.9. The van der Waals surface area contributed by atoms with Gasteiger partial charge >= 0.3 is 0 Å². The number of H-pyrrole nitrogens is 1. The average molecular weight is 411 g/mol. The van der Waals surface area contributed by atoms with Crippen LogP contribution in [0.15, 0.2) is 4.47 Å². The number of carbonyl (C=O) groups is 1. The van der Waals surface area contributed by atoms with Crippen molar-refractivity contribution >= 4 is 21.8 Å². The number of halogens is 1. The summed E-state index contributed by atoms with van der Waals surface area (Å²) in [6.45, 7) is 7.62. The van der Waals surface area contributed by atoms with E-state index in [0.717, 1.165) is 42.0 Å². The zero-order valence-electron chi connectivity index (χ0n) is 15.5. The summed E-state index contributed by atoms with van der Waals surface area (Å²) in [5, 5.41) is 10.4. The zero-order valence-corrected chi connectivity index (χ0v) is 17.1. The Bertz CT molecular complexity index is 572. The third-order valence-corrected chi connectivity index (χ3v) is 6.49. The molecule has 0 aromatic carbocycles. The molecular weight excluding hydrogens is 380 g/mol. The third-order valence-electron chi connectivity index (χ3n) is 5.69. The van der Waals surface area contributed by atoms with Crippen molar-refractivity contribution < 1.29 is 4.79 Å². The first-order chi connectivity index (χ1) is 12.0. The fraction of sp³-hybridized carbons (Fsp3) is 0.789. The molecule has 5 nitrogen and oxygen atoms in total. The summed E-state index contributed by atoms with van der Waals surface area (Å²) < 4.78 is 0.801. The van der Waals surface area contributed by atoms with Crippen molar-refractivity contribution in [2.45, 2.75) is 70.8 Å². The molecule has 140 valence electrons. The largest absolute Gasteiger partial charge is 0.348 e. The highest BCUT2D eigenvalue weighted by molar-refractivity contribution is 9.10. The minimum absolute atomic E-state index is 0.0687. The van der Waals surface area contributed by atoms with Gasteiger partial charge in [-0.15, -0.1) is 0 Å². The van der Waals surface area contributed by atoms with Crippen molar-refractivity contribution in [1.29, 1.82) is 0 Å². The zero-order chi connectivity index (χ0) is 17.8. The van der Waals surface area contributed by atoms with Crippen molar-refractivity contribution in [3.05, 3.63) is 15.9 Å². The Kier molecular flexibility index (Phi) is 6.55. The lowest BCUT2D eigenvalue weighted by molar-refractivity contribution is 0.0896. The van der Waals surface area contributed by atoms with Crippen LogP contribution in [0.1, 0.15) is 80.9 Å². The first kappa shape index (κ1) is 18.9. The number of hydrogen-bond donors (Lipinski definition) is 2. The van der Waals surface area contributed by atoms with Gasteiger partial charge in [0.15, 0.2) is 5.69 Å². The molecule has 6 heteroatoms. The molecule has 1 amide bonds. The summed E-state index contributed by atoms with van der Waals surface area (Å²) in [4.78, 5) is 15.1. The molecule has 0 unspecified atom stereocenters. The van der Waals surface area contributed by atoms with Crippen LogP contribution >= 0.6 is 15.9 Å². The van der Waals surface area contributed by atoms with Crippen molar-refractivity contribution in [3.8, 4) is 0 Å². The smallest absolute Gasteiger partial charge is 0.273 e. The summed E-state index contributed by atoms with van der Waals surface area (Å²) >= 11 is 3.52.